The number of likely N-dealkylation sites (N-methyl/N-ethyl adjacent to an activating group) is 2. The van der Waals surface area contributed by atoms with Crippen LogP contribution in [0.15, 0.2) is 36.4 Å². The molecular weight excluding hydrogens is 841 g/mol. The maximum absolute atomic E-state index is 12.1. The number of aromatic nitrogens is 2. The lowest BCUT2D eigenvalue weighted by atomic mass is 9.96. The molecule has 0 unspecified atom stereocenters. The van der Waals surface area contributed by atoms with Gasteiger partial charge < -0.3 is 51.2 Å². The first kappa shape index (κ1) is 43.2. The summed E-state index contributed by atoms with van der Waals surface area (Å²) in [6.45, 7) is 0.425. The van der Waals surface area contributed by atoms with Crippen molar-refractivity contribution in [3.05, 3.63) is 67.3 Å². The Morgan fingerprint density at radius 1 is 0.726 bits per heavy atom. The van der Waals surface area contributed by atoms with Gasteiger partial charge in [0.25, 0.3) is 23.6 Å². The molecule has 2 aromatic heterocycles. The van der Waals surface area contributed by atoms with Gasteiger partial charge in [-0.2, -0.15) is 10.5 Å². The van der Waals surface area contributed by atoms with Crippen LogP contribution in [0.25, 0.3) is 22.5 Å². The van der Waals surface area contributed by atoms with Gasteiger partial charge in [0.2, 0.25) is 11.2 Å². The summed E-state index contributed by atoms with van der Waals surface area (Å²) in [6.07, 6.45) is -0.0982. The smallest absolute Gasteiger partial charge is 0.277 e. The van der Waals surface area contributed by atoms with Gasteiger partial charge in [-0.05, 0) is 36.4 Å². The predicted octanol–water partition coefficient (Wildman–Crippen LogP) is 0.695. The number of carbonyl (C=O) groups is 4. The Hall–Kier alpha value is -6.88. The Morgan fingerprint density at radius 2 is 1.11 bits per heavy atom. The molecule has 0 aliphatic carbocycles. The highest BCUT2D eigenvalue weighted by Gasteiger charge is 2.44. The van der Waals surface area contributed by atoms with E-state index < -0.39 is 46.0 Å². The minimum atomic E-state index is -1.74. The van der Waals surface area contributed by atoms with Crippen LogP contribution in [0.1, 0.15) is 66.2 Å². The lowest BCUT2D eigenvalue weighted by Gasteiger charge is -2.22. The van der Waals surface area contributed by atoms with Crippen molar-refractivity contribution >= 4 is 46.3 Å². The molecule has 8 rings (SSSR count). The highest BCUT2D eigenvalue weighted by atomic mass is 32.1. The van der Waals surface area contributed by atoms with E-state index in [0.29, 0.717) is 56.6 Å². The van der Waals surface area contributed by atoms with Crippen molar-refractivity contribution in [3.8, 4) is 69.8 Å². The molecule has 4 aromatic rings. The number of aliphatic hydroxyl groups is 4. The third-order valence-electron chi connectivity index (χ3n) is 10.5. The Morgan fingerprint density at radius 3 is 1.44 bits per heavy atom. The molecule has 0 spiro atoms. The molecule has 0 saturated carbocycles. The number of hydrogen-bond donors (Lipinski definition) is 6. The zero-order valence-corrected chi connectivity index (χ0v) is 34.6. The van der Waals surface area contributed by atoms with Crippen molar-refractivity contribution in [2.24, 2.45) is 11.5 Å². The zero-order valence-electron chi connectivity index (χ0n) is 33.0. The number of nitrogens with two attached hydrogens (primary N) is 2. The molecular formula is C42H36N8O10S2. The number of rotatable bonds is 4. The van der Waals surface area contributed by atoms with E-state index in [2.05, 4.69) is 33.6 Å². The monoisotopic (exact) mass is 876 g/mol. The van der Waals surface area contributed by atoms with Crippen LogP contribution in [0.2, 0.25) is 0 Å². The van der Waals surface area contributed by atoms with Crippen LogP contribution >= 0.6 is 22.7 Å². The van der Waals surface area contributed by atoms with Crippen molar-refractivity contribution in [1.82, 2.24) is 19.8 Å². The van der Waals surface area contributed by atoms with Crippen molar-refractivity contribution < 1.29 is 49.1 Å². The van der Waals surface area contributed by atoms with Crippen LogP contribution in [0.4, 0.5) is 0 Å². The molecule has 4 aliphatic rings. The van der Waals surface area contributed by atoms with Crippen molar-refractivity contribution in [1.29, 1.82) is 10.5 Å². The summed E-state index contributed by atoms with van der Waals surface area (Å²) in [5.74, 6) is 9.32. The molecule has 20 heteroatoms. The lowest BCUT2D eigenvalue weighted by molar-refractivity contribution is -0.138. The minimum Gasteiger partial charge on any atom is -0.489 e. The summed E-state index contributed by atoms with van der Waals surface area (Å²) < 4.78 is 11.5. The van der Waals surface area contributed by atoms with Gasteiger partial charge in [-0.3, -0.25) is 19.2 Å². The predicted molar refractivity (Wildman–Crippen MR) is 220 cm³/mol. The molecule has 8 N–H and O–H groups in total. The maximum atomic E-state index is 12.1. The second-order valence-corrected chi connectivity index (χ2v) is 17.0. The van der Waals surface area contributed by atoms with Crippen LogP contribution in [0, 0.1) is 46.3 Å². The molecule has 4 amide bonds. The summed E-state index contributed by atoms with van der Waals surface area (Å²) in [7, 11) is 3.20. The molecule has 4 aliphatic heterocycles. The number of amides is 4. The first-order valence-electron chi connectivity index (χ1n) is 18.7. The van der Waals surface area contributed by atoms with Gasteiger partial charge >= 0.3 is 0 Å². The minimum absolute atomic E-state index is 0.000368. The molecule has 18 nitrogen and oxygen atoms in total. The Balaban J connectivity index is 0.000000186. The van der Waals surface area contributed by atoms with Gasteiger partial charge in [0.1, 0.15) is 35.9 Å². The quantitative estimate of drug-likeness (QED) is 0.154. The fraction of sp³-hybridized carbons (Fsp3) is 0.333. The van der Waals surface area contributed by atoms with Gasteiger partial charge in [0, 0.05) is 62.3 Å². The third-order valence-corrected chi connectivity index (χ3v) is 13.0. The summed E-state index contributed by atoms with van der Waals surface area (Å²) in [6, 6.07) is 13.7. The molecule has 0 bridgehead atoms. The number of likely N-dealkylation sites (tertiary alicyclic amines) is 2. The van der Waals surface area contributed by atoms with E-state index in [1.54, 1.807) is 50.5 Å². The number of thiazole rings is 2. The maximum Gasteiger partial charge on any atom is 0.277 e. The van der Waals surface area contributed by atoms with Crippen molar-refractivity contribution in [2.45, 2.75) is 48.1 Å². The van der Waals surface area contributed by atoms with Crippen molar-refractivity contribution in [2.75, 3.05) is 40.4 Å². The second-order valence-electron chi connectivity index (χ2n) is 15.0. The summed E-state index contributed by atoms with van der Waals surface area (Å²) in [4.78, 5) is 59.7. The number of nitriles is 2. The zero-order chi connectivity index (χ0) is 44.8. The fourth-order valence-corrected chi connectivity index (χ4v) is 9.03. The number of fused-ring (bicyclic) bond motifs is 6. The van der Waals surface area contributed by atoms with Gasteiger partial charge in [-0.25, -0.2) is 9.97 Å². The van der Waals surface area contributed by atoms with Gasteiger partial charge in [-0.1, -0.05) is 23.7 Å². The van der Waals surface area contributed by atoms with E-state index in [1.165, 1.54) is 9.80 Å². The highest BCUT2D eigenvalue weighted by molar-refractivity contribution is 7.14. The van der Waals surface area contributed by atoms with Gasteiger partial charge in [0.15, 0.2) is 10.0 Å². The summed E-state index contributed by atoms with van der Waals surface area (Å²) in [5.41, 5.74) is 6.40. The highest BCUT2D eigenvalue weighted by Crippen LogP contribution is 2.46. The van der Waals surface area contributed by atoms with E-state index in [0.717, 1.165) is 22.7 Å². The van der Waals surface area contributed by atoms with E-state index in [-0.39, 0.29) is 60.3 Å². The molecule has 0 radical (unpaired) electrons. The fourth-order valence-electron chi connectivity index (χ4n) is 7.02. The topological polar surface area (TPSA) is 300 Å². The van der Waals surface area contributed by atoms with Crippen LogP contribution in [0.3, 0.4) is 0 Å². The normalized spacial score (nSPS) is 24.2. The number of hydrogen-bond acceptors (Lipinski definition) is 16. The third kappa shape index (κ3) is 7.90. The largest absolute Gasteiger partial charge is 0.489 e. The first-order valence-corrected chi connectivity index (χ1v) is 20.3. The molecule has 2 fully saturated rings. The second kappa shape index (κ2) is 16.2. The average Bonchev–Trinajstić information content (AvgIpc) is 3.99. The SMILES string of the molecule is CN1CC[C@@](O)(C#Cc2ccc3c(c2)-c2nc(C(N)=O)sc2[C@@](O)(CC#N)CO3)C1=O.CN1CC[C@@](O)(C#Cc2ccc3c(c2)-c2nc(C(N)=O)sc2[C@](O)(CC#N)CO3)C1=O. The number of benzene rings is 2. The van der Waals surface area contributed by atoms with Crippen LogP contribution in [0.5, 0.6) is 11.5 Å². The lowest BCUT2D eigenvalue weighted by Crippen LogP contribution is -2.37. The molecule has 6 heterocycles. The Labute approximate surface area is 361 Å². The van der Waals surface area contributed by atoms with E-state index in [1.807, 2.05) is 12.1 Å². The molecule has 62 heavy (non-hydrogen) atoms. The summed E-state index contributed by atoms with van der Waals surface area (Å²) in [5, 5.41) is 61.4. The average molecular weight is 877 g/mol. The van der Waals surface area contributed by atoms with Crippen LogP contribution in [-0.4, -0.2) is 115 Å². The Bertz CT molecular complexity index is 2600. The van der Waals surface area contributed by atoms with Crippen LogP contribution in [-0.2, 0) is 20.8 Å². The van der Waals surface area contributed by atoms with Gasteiger partial charge in [-0.15, -0.1) is 22.7 Å². The van der Waals surface area contributed by atoms with E-state index in [4.69, 9.17) is 20.9 Å². The van der Waals surface area contributed by atoms with Gasteiger partial charge in [0.05, 0.1) is 46.1 Å². The molecule has 4 atom stereocenters. The Kier molecular flexibility index (Phi) is 11.3. The van der Waals surface area contributed by atoms with Crippen molar-refractivity contribution in [3.63, 3.8) is 0 Å². The number of primary amides is 2. The standard InChI is InChI=1S/2C21H18N4O5S/c2*1-25-9-7-20(28,19(25)27)5-4-12-2-3-14-13(10-12)15-16(31-18(24-15)17(23)26)21(29,6-8-22)11-30-14/h2*2-3,10,28-29H,6-7,9,11H2,1H3,(H2,23,26)/t20-,21+;20-,21-/m00/s1. The molecule has 2 saturated heterocycles. The number of carbonyl (C=O) groups excluding carboxylic acids is 4. The molecule has 316 valence electrons. The van der Waals surface area contributed by atoms with E-state index >= 15 is 0 Å². The first-order chi connectivity index (χ1) is 29.3. The number of ether oxygens (including phenoxy) is 2. The molecule has 2 aromatic carbocycles. The van der Waals surface area contributed by atoms with E-state index in [9.17, 15) is 50.1 Å². The van der Waals surface area contributed by atoms with Crippen LogP contribution < -0.4 is 20.9 Å². The number of nitrogens with zero attached hydrogens (tertiary/aromatic N) is 6. The summed E-state index contributed by atoms with van der Waals surface area (Å²) >= 11 is 1.83.